The average molecular weight is 557 g/mol. The lowest BCUT2D eigenvalue weighted by atomic mass is 10.1. The lowest BCUT2D eigenvalue weighted by Crippen LogP contribution is -2.48. The average Bonchev–Trinajstić information content (AvgIpc) is 2.76. The Labute approximate surface area is 203 Å². The Kier molecular flexibility index (Phi) is 9.62. The molecule has 1 aliphatic heterocycles. The quantitative estimate of drug-likeness (QED) is 0.257. The van der Waals surface area contributed by atoms with E-state index in [2.05, 4.69) is 43.4 Å². The zero-order valence-corrected chi connectivity index (χ0v) is 20.4. The lowest BCUT2D eigenvalue weighted by Gasteiger charge is -2.33. The van der Waals surface area contributed by atoms with Gasteiger partial charge in [0.05, 0.1) is 12.1 Å². The predicted molar refractivity (Wildman–Crippen MR) is 132 cm³/mol. The van der Waals surface area contributed by atoms with Gasteiger partial charge in [-0.2, -0.15) is 13.2 Å². The van der Waals surface area contributed by atoms with Crippen molar-refractivity contribution in [2.45, 2.75) is 32.0 Å². The number of guanidine groups is 1. The monoisotopic (exact) mass is 557 g/mol. The number of piperidine rings is 1. The fourth-order valence-corrected chi connectivity index (χ4v) is 3.34. The van der Waals surface area contributed by atoms with Crippen LogP contribution in [-0.4, -0.2) is 43.7 Å². The van der Waals surface area contributed by atoms with E-state index in [1.807, 2.05) is 19.2 Å². The molecule has 0 radical (unpaired) electrons. The summed E-state index contributed by atoms with van der Waals surface area (Å²) >= 11 is 0. The Morgan fingerprint density at radius 2 is 1.97 bits per heavy atom. The molecule has 172 valence electrons. The van der Waals surface area contributed by atoms with Crippen LogP contribution in [0.15, 0.2) is 47.6 Å². The van der Waals surface area contributed by atoms with Gasteiger partial charge in [-0.25, -0.2) is 4.98 Å². The van der Waals surface area contributed by atoms with Crippen molar-refractivity contribution >= 4 is 35.8 Å². The third-order valence-electron chi connectivity index (χ3n) is 5.05. The Morgan fingerprint density at radius 1 is 1.22 bits per heavy atom. The Hall–Kier alpha value is -2.48. The summed E-state index contributed by atoms with van der Waals surface area (Å²) in [5.41, 5.74) is 0.778. The number of aryl methyl sites for hydroxylation is 1. The fraction of sp³-hybridized carbons (Fsp3) is 0.391. The van der Waals surface area contributed by atoms with Gasteiger partial charge in [-0.15, -0.1) is 24.0 Å². The predicted octanol–water partition coefficient (Wildman–Crippen LogP) is 4.21. The van der Waals surface area contributed by atoms with Crippen molar-refractivity contribution in [2.24, 2.45) is 4.99 Å². The van der Waals surface area contributed by atoms with Gasteiger partial charge >= 0.3 is 6.18 Å². The number of pyridine rings is 1. The van der Waals surface area contributed by atoms with E-state index >= 15 is 0 Å². The number of halogens is 4. The van der Waals surface area contributed by atoms with Crippen molar-refractivity contribution in [2.75, 3.05) is 31.6 Å². The first kappa shape index (κ1) is 25.8. The zero-order valence-electron chi connectivity index (χ0n) is 18.0. The van der Waals surface area contributed by atoms with E-state index in [1.165, 1.54) is 6.07 Å². The molecule has 0 atom stereocenters. The molecule has 5 nitrogen and oxygen atoms in total. The van der Waals surface area contributed by atoms with Crippen LogP contribution < -0.4 is 15.5 Å². The number of hydrogen-bond donors (Lipinski definition) is 2. The van der Waals surface area contributed by atoms with E-state index in [4.69, 9.17) is 0 Å². The van der Waals surface area contributed by atoms with E-state index in [-0.39, 0.29) is 36.6 Å². The third kappa shape index (κ3) is 7.58. The normalized spacial score (nSPS) is 14.8. The van der Waals surface area contributed by atoms with Crippen LogP contribution in [0.25, 0.3) is 0 Å². The number of hydrogen-bond acceptors (Lipinski definition) is 3. The number of aliphatic imine (C=N–C) groups is 1. The second kappa shape index (κ2) is 11.9. The number of alkyl halides is 3. The maximum absolute atomic E-state index is 12.8. The topological polar surface area (TPSA) is 52.6 Å². The SMILES string of the molecule is CN=C(NCC#Cc1cccc(C(F)(F)F)c1)NC1CCN(c2ccc(C)cn2)CC1.I. The van der Waals surface area contributed by atoms with Crippen LogP contribution in [0.2, 0.25) is 0 Å². The first-order chi connectivity index (χ1) is 14.8. The molecule has 1 aliphatic rings. The van der Waals surface area contributed by atoms with Gasteiger partial charge in [-0.3, -0.25) is 4.99 Å². The molecule has 1 saturated heterocycles. The van der Waals surface area contributed by atoms with Gasteiger partial charge in [0.1, 0.15) is 5.82 Å². The molecule has 0 aliphatic carbocycles. The maximum Gasteiger partial charge on any atom is 0.416 e. The first-order valence-electron chi connectivity index (χ1n) is 10.2. The van der Waals surface area contributed by atoms with Crippen molar-refractivity contribution < 1.29 is 13.2 Å². The van der Waals surface area contributed by atoms with Crippen LogP contribution in [0.5, 0.6) is 0 Å². The van der Waals surface area contributed by atoms with Gasteiger partial charge in [0.15, 0.2) is 5.96 Å². The zero-order chi connectivity index (χ0) is 22.3. The summed E-state index contributed by atoms with van der Waals surface area (Å²) in [5, 5.41) is 6.49. The van der Waals surface area contributed by atoms with Crippen molar-refractivity contribution in [1.29, 1.82) is 0 Å². The van der Waals surface area contributed by atoms with Crippen LogP contribution in [-0.2, 0) is 6.18 Å². The van der Waals surface area contributed by atoms with Crippen molar-refractivity contribution in [1.82, 2.24) is 15.6 Å². The number of rotatable bonds is 3. The molecule has 0 spiro atoms. The third-order valence-corrected chi connectivity index (χ3v) is 5.05. The molecule has 0 bridgehead atoms. The molecule has 0 unspecified atom stereocenters. The molecular formula is C23H27F3IN5. The molecule has 2 heterocycles. The van der Waals surface area contributed by atoms with Gasteiger partial charge in [-0.05, 0) is 49.6 Å². The van der Waals surface area contributed by atoms with Gasteiger partial charge in [0.25, 0.3) is 0 Å². The van der Waals surface area contributed by atoms with E-state index in [0.717, 1.165) is 49.4 Å². The van der Waals surface area contributed by atoms with E-state index in [1.54, 1.807) is 13.1 Å². The summed E-state index contributed by atoms with van der Waals surface area (Å²) in [6.45, 7) is 4.11. The fourth-order valence-electron chi connectivity index (χ4n) is 3.34. The number of nitrogens with zero attached hydrogens (tertiary/aromatic N) is 3. The van der Waals surface area contributed by atoms with Crippen LogP contribution in [0.1, 0.15) is 29.5 Å². The minimum Gasteiger partial charge on any atom is -0.356 e. The van der Waals surface area contributed by atoms with Gasteiger partial charge in [0.2, 0.25) is 0 Å². The molecule has 2 aromatic rings. The van der Waals surface area contributed by atoms with Gasteiger partial charge in [0, 0.05) is 37.9 Å². The Bertz CT molecular complexity index is 956. The van der Waals surface area contributed by atoms with Crippen molar-refractivity contribution in [3.8, 4) is 11.8 Å². The molecule has 3 rings (SSSR count). The number of nitrogens with one attached hydrogen (secondary N) is 2. The first-order valence-corrected chi connectivity index (χ1v) is 10.2. The Balaban J connectivity index is 0.00000363. The molecule has 0 amide bonds. The maximum atomic E-state index is 12.8. The van der Waals surface area contributed by atoms with Crippen molar-refractivity contribution in [3.63, 3.8) is 0 Å². The van der Waals surface area contributed by atoms with Crippen LogP contribution in [0.3, 0.4) is 0 Å². The standard InChI is InChI=1S/C23H26F3N5.HI/c1-17-8-9-21(29-16-17)31-13-10-20(11-14-31)30-22(27-2)28-12-4-6-18-5-3-7-19(15-18)23(24,25)26;/h3,5,7-9,15-16,20H,10-14H2,1-2H3,(H2,27,28,30);1H. The van der Waals surface area contributed by atoms with Crippen LogP contribution >= 0.6 is 24.0 Å². The largest absolute Gasteiger partial charge is 0.416 e. The highest BCUT2D eigenvalue weighted by molar-refractivity contribution is 14.0. The minimum absolute atomic E-state index is 0. The van der Waals surface area contributed by atoms with Crippen LogP contribution in [0.4, 0.5) is 19.0 Å². The van der Waals surface area contributed by atoms with E-state index < -0.39 is 11.7 Å². The summed E-state index contributed by atoms with van der Waals surface area (Å²) in [7, 11) is 1.68. The Morgan fingerprint density at radius 3 is 2.59 bits per heavy atom. The van der Waals surface area contributed by atoms with Crippen molar-refractivity contribution in [3.05, 3.63) is 59.3 Å². The molecule has 0 saturated carbocycles. The summed E-state index contributed by atoms with van der Waals surface area (Å²) in [6.07, 6.45) is -0.586. The van der Waals surface area contributed by atoms with E-state index in [9.17, 15) is 13.2 Å². The summed E-state index contributed by atoms with van der Waals surface area (Å²) in [6, 6.07) is 9.41. The molecule has 32 heavy (non-hydrogen) atoms. The summed E-state index contributed by atoms with van der Waals surface area (Å²) < 4.78 is 38.3. The lowest BCUT2D eigenvalue weighted by molar-refractivity contribution is -0.137. The van der Waals surface area contributed by atoms with Crippen LogP contribution in [0, 0.1) is 18.8 Å². The molecule has 9 heteroatoms. The smallest absolute Gasteiger partial charge is 0.356 e. The highest BCUT2D eigenvalue weighted by atomic mass is 127. The van der Waals surface area contributed by atoms with Gasteiger partial charge in [-0.1, -0.05) is 24.0 Å². The highest BCUT2D eigenvalue weighted by Crippen LogP contribution is 2.29. The molecule has 1 fully saturated rings. The number of anilines is 1. The molecule has 2 N–H and O–H groups in total. The van der Waals surface area contributed by atoms with E-state index in [0.29, 0.717) is 11.5 Å². The van der Waals surface area contributed by atoms with Gasteiger partial charge < -0.3 is 15.5 Å². The second-order valence-corrected chi connectivity index (χ2v) is 7.41. The highest BCUT2D eigenvalue weighted by Gasteiger charge is 2.30. The molecular weight excluding hydrogens is 530 g/mol. The summed E-state index contributed by atoms with van der Waals surface area (Å²) in [4.78, 5) is 11.0. The second-order valence-electron chi connectivity index (χ2n) is 7.41. The molecule has 1 aromatic heterocycles. The summed E-state index contributed by atoms with van der Waals surface area (Å²) in [5.74, 6) is 7.24. The number of aromatic nitrogens is 1. The molecule has 1 aromatic carbocycles. The number of benzene rings is 1. The minimum atomic E-state index is -4.37.